The van der Waals surface area contributed by atoms with Crippen LogP contribution in [-0.2, 0) is 0 Å². The molecule has 19 heavy (non-hydrogen) atoms. The summed E-state index contributed by atoms with van der Waals surface area (Å²) in [7, 11) is 0. The zero-order chi connectivity index (χ0) is 13.1. The van der Waals surface area contributed by atoms with Gasteiger partial charge in [0.15, 0.2) is 0 Å². The molecular weight excluding hydrogens is 234 g/mol. The Kier molecular flexibility index (Phi) is 3.59. The number of hydrogen-bond donors (Lipinski definition) is 1. The third-order valence-electron chi connectivity index (χ3n) is 4.37. The minimum Gasteiger partial charge on any atom is -0.382 e. The average molecular weight is 255 g/mol. The lowest BCUT2D eigenvalue weighted by Crippen LogP contribution is -2.41. The first-order valence-corrected chi connectivity index (χ1v) is 7.43. The van der Waals surface area contributed by atoms with Gasteiger partial charge < -0.3 is 10.2 Å². The second-order valence-corrected chi connectivity index (χ2v) is 5.61. The van der Waals surface area contributed by atoms with E-state index >= 15 is 0 Å². The number of anilines is 2. The summed E-state index contributed by atoms with van der Waals surface area (Å²) in [6.45, 7) is 2.07. The monoisotopic (exact) mass is 255 g/mol. The van der Waals surface area contributed by atoms with Crippen LogP contribution in [0.5, 0.6) is 0 Å². The molecule has 1 aromatic rings. The van der Waals surface area contributed by atoms with Crippen LogP contribution in [0.15, 0.2) is 18.2 Å². The van der Waals surface area contributed by atoms with Gasteiger partial charge in [-0.05, 0) is 31.0 Å². The first-order chi connectivity index (χ1) is 9.38. The van der Waals surface area contributed by atoms with Gasteiger partial charge in [0.05, 0.1) is 23.0 Å². The van der Waals surface area contributed by atoms with Crippen molar-refractivity contribution in [3.05, 3.63) is 23.8 Å². The Hall–Kier alpha value is -1.69. The number of nitriles is 1. The molecule has 1 N–H and O–H groups in total. The van der Waals surface area contributed by atoms with Crippen LogP contribution in [0.4, 0.5) is 11.4 Å². The predicted octanol–water partition coefficient (Wildman–Crippen LogP) is 3.51. The van der Waals surface area contributed by atoms with Crippen LogP contribution >= 0.6 is 0 Å². The van der Waals surface area contributed by atoms with Crippen molar-refractivity contribution in [3.8, 4) is 6.07 Å². The predicted molar refractivity (Wildman–Crippen MR) is 78.5 cm³/mol. The second kappa shape index (κ2) is 5.52. The zero-order valence-corrected chi connectivity index (χ0v) is 11.4. The molecule has 0 saturated heterocycles. The number of benzene rings is 1. The van der Waals surface area contributed by atoms with Crippen molar-refractivity contribution in [2.75, 3.05) is 23.3 Å². The summed E-state index contributed by atoms with van der Waals surface area (Å²) in [4.78, 5) is 2.54. The summed E-state index contributed by atoms with van der Waals surface area (Å²) in [5, 5.41) is 12.5. The quantitative estimate of drug-likeness (QED) is 0.780. The van der Waals surface area contributed by atoms with E-state index in [-0.39, 0.29) is 0 Å². The molecule has 1 fully saturated rings. The number of nitrogens with one attached hydrogen (secondary N) is 1. The van der Waals surface area contributed by atoms with E-state index in [4.69, 9.17) is 5.26 Å². The van der Waals surface area contributed by atoms with Crippen LogP contribution in [0.3, 0.4) is 0 Å². The summed E-state index contributed by atoms with van der Waals surface area (Å²) >= 11 is 0. The molecule has 0 radical (unpaired) electrons. The van der Waals surface area contributed by atoms with Crippen molar-refractivity contribution in [3.63, 3.8) is 0 Å². The maximum Gasteiger partial charge on any atom is 0.0992 e. The summed E-state index contributed by atoms with van der Waals surface area (Å²) in [6, 6.07) is 8.93. The summed E-state index contributed by atoms with van der Waals surface area (Å²) in [6.07, 6.45) is 8.07. The third kappa shape index (κ3) is 2.53. The van der Waals surface area contributed by atoms with E-state index in [9.17, 15) is 0 Å². The molecule has 3 rings (SSSR count). The third-order valence-corrected chi connectivity index (χ3v) is 4.37. The molecule has 1 aromatic carbocycles. The maximum atomic E-state index is 9.09. The Labute approximate surface area is 115 Å². The van der Waals surface area contributed by atoms with Crippen LogP contribution in [0.2, 0.25) is 0 Å². The number of nitrogens with zero attached hydrogens (tertiary/aromatic N) is 2. The van der Waals surface area contributed by atoms with Gasteiger partial charge in [0.1, 0.15) is 0 Å². The van der Waals surface area contributed by atoms with Gasteiger partial charge in [-0.25, -0.2) is 0 Å². The number of rotatable bonds is 1. The molecule has 1 saturated carbocycles. The number of fused-ring (bicyclic) bond motifs is 1. The van der Waals surface area contributed by atoms with Crippen LogP contribution in [0.25, 0.3) is 0 Å². The molecule has 1 heterocycles. The molecule has 3 nitrogen and oxygen atoms in total. The topological polar surface area (TPSA) is 39.1 Å². The first-order valence-electron chi connectivity index (χ1n) is 7.43. The molecule has 100 valence electrons. The molecule has 0 spiro atoms. The second-order valence-electron chi connectivity index (χ2n) is 5.61. The normalized spacial score (nSPS) is 20.1. The Bertz CT molecular complexity index is 481. The Morgan fingerprint density at radius 3 is 2.68 bits per heavy atom. The Morgan fingerprint density at radius 1 is 1.16 bits per heavy atom. The van der Waals surface area contributed by atoms with E-state index in [1.165, 1.54) is 49.9 Å². The van der Waals surface area contributed by atoms with Crippen LogP contribution < -0.4 is 10.2 Å². The van der Waals surface area contributed by atoms with Crippen molar-refractivity contribution < 1.29 is 0 Å². The molecule has 1 aliphatic carbocycles. The average Bonchev–Trinajstić information content (AvgIpc) is 2.75. The molecular formula is C16H21N3. The van der Waals surface area contributed by atoms with E-state index in [2.05, 4.69) is 22.4 Å². The van der Waals surface area contributed by atoms with Gasteiger partial charge in [0, 0.05) is 19.1 Å². The fourth-order valence-corrected chi connectivity index (χ4v) is 3.37. The maximum absolute atomic E-state index is 9.09. The number of hydrogen-bond acceptors (Lipinski definition) is 3. The summed E-state index contributed by atoms with van der Waals surface area (Å²) < 4.78 is 0. The van der Waals surface area contributed by atoms with E-state index < -0.39 is 0 Å². The van der Waals surface area contributed by atoms with Gasteiger partial charge in [-0.15, -0.1) is 0 Å². The minimum atomic E-state index is 0.664. The fraction of sp³-hybridized carbons (Fsp3) is 0.562. The van der Waals surface area contributed by atoms with Crippen molar-refractivity contribution in [2.24, 2.45) is 0 Å². The summed E-state index contributed by atoms with van der Waals surface area (Å²) in [5.74, 6) is 0. The SMILES string of the molecule is N#Cc1ccc2c(c1)N(C1CCCCCC1)CCN2. The van der Waals surface area contributed by atoms with Crippen LogP contribution in [0, 0.1) is 11.3 Å². The van der Waals surface area contributed by atoms with Gasteiger partial charge in [-0.3, -0.25) is 0 Å². The standard InChI is InChI=1S/C16H21N3/c17-12-13-7-8-15-16(11-13)19(10-9-18-15)14-5-3-1-2-4-6-14/h7-8,11,14,18H,1-6,9-10H2. The smallest absolute Gasteiger partial charge is 0.0992 e. The largest absolute Gasteiger partial charge is 0.382 e. The highest BCUT2D eigenvalue weighted by Crippen LogP contribution is 2.34. The molecule has 3 heteroatoms. The van der Waals surface area contributed by atoms with E-state index in [1.54, 1.807) is 0 Å². The van der Waals surface area contributed by atoms with Gasteiger partial charge in [0.25, 0.3) is 0 Å². The van der Waals surface area contributed by atoms with Gasteiger partial charge in [-0.1, -0.05) is 25.7 Å². The minimum absolute atomic E-state index is 0.664. The van der Waals surface area contributed by atoms with Crippen molar-refractivity contribution in [1.29, 1.82) is 5.26 Å². The van der Waals surface area contributed by atoms with Crippen LogP contribution in [0.1, 0.15) is 44.1 Å². The highest BCUT2D eigenvalue weighted by Gasteiger charge is 2.25. The zero-order valence-electron chi connectivity index (χ0n) is 11.4. The molecule has 1 aliphatic heterocycles. The van der Waals surface area contributed by atoms with E-state index in [0.29, 0.717) is 6.04 Å². The first kappa shape index (κ1) is 12.3. The molecule has 0 amide bonds. The van der Waals surface area contributed by atoms with Crippen molar-refractivity contribution in [2.45, 2.75) is 44.6 Å². The van der Waals surface area contributed by atoms with E-state index in [1.807, 2.05) is 12.1 Å². The van der Waals surface area contributed by atoms with Gasteiger partial charge in [-0.2, -0.15) is 5.26 Å². The van der Waals surface area contributed by atoms with Crippen molar-refractivity contribution >= 4 is 11.4 Å². The molecule has 0 bridgehead atoms. The highest BCUT2D eigenvalue weighted by molar-refractivity contribution is 5.74. The van der Waals surface area contributed by atoms with Crippen molar-refractivity contribution in [1.82, 2.24) is 0 Å². The van der Waals surface area contributed by atoms with Crippen LogP contribution in [-0.4, -0.2) is 19.1 Å². The van der Waals surface area contributed by atoms with E-state index in [0.717, 1.165) is 18.7 Å². The fourth-order valence-electron chi connectivity index (χ4n) is 3.37. The lowest BCUT2D eigenvalue weighted by molar-refractivity contribution is 0.525. The lowest BCUT2D eigenvalue weighted by Gasteiger charge is -2.38. The molecule has 0 unspecified atom stereocenters. The molecule has 0 atom stereocenters. The summed E-state index contributed by atoms with van der Waals surface area (Å²) in [5.41, 5.74) is 3.19. The molecule has 2 aliphatic rings. The highest BCUT2D eigenvalue weighted by atomic mass is 15.2. The molecule has 0 aromatic heterocycles. The van der Waals surface area contributed by atoms with Gasteiger partial charge in [0.2, 0.25) is 0 Å². The lowest BCUT2D eigenvalue weighted by atomic mass is 10.0. The Balaban J connectivity index is 1.90. The van der Waals surface area contributed by atoms with Gasteiger partial charge >= 0.3 is 0 Å². The Morgan fingerprint density at radius 2 is 1.95 bits per heavy atom.